The lowest BCUT2D eigenvalue weighted by molar-refractivity contribution is -0.0198. The maximum atomic E-state index is 9.75. The van der Waals surface area contributed by atoms with Crippen molar-refractivity contribution in [2.24, 2.45) is 0 Å². The average Bonchev–Trinajstić information content (AvgIpc) is 2.51. The van der Waals surface area contributed by atoms with Gasteiger partial charge in [-0.25, -0.2) is 0 Å². The van der Waals surface area contributed by atoms with E-state index in [2.05, 4.69) is 13.8 Å². The summed E-state index contributed by atoms with van der Waals surface area (Å²) in [5, 5.41) is 10.1. The van der Waals surface area contributed by atoms with Crippen LogP contribution in [0.2, 0.25) is 0 Å². The van der Waals surface area contributed by atoms with Crippen molar-refractivity contribution in [3.63, 3.8) is 0 Å². The number of hydrogen-bond donors (Lipinski definition) is 1. The van der Waals surface area contributed by atoms with Crippen LogP contribution in [0.1, 0.15) is 65.2 Å². The van der Waals surface area contributed by atoms with E-state index in [1.807, 2.05) is 0 Å². The topological polar surface area (TPSA) is 38.7 Å². The van der Waals surface area contributed by atoms with Crippen molar-refractivity contribution >= 4 is 23.2 Å². The molecule has 0 amide bonds. The van der Waals surface area contributed by atoms with Gasteiger partial charge in [-0.2, -0.15) is 0 Å². The van der Waals surface area contributed by atoms with Crippen LogP contribution in [0.3, 0.4) is 0 Å². The first-order chi connectivity index (χ1) is 10.6. The Kier molecular flexibility index (Phi) is 16.7. The molecular formula is C17H34Cl2O3. The van der Waals surface area contributed by atoms with Crippen molar-refractivity contribution < 1.29 is 14.6 Å². The van der Waals surface area contributed by atoms with Crippen LogP contribution in [0.5, 0.6) is 0 Å². The van der Waals surface area contributed by atoms with Gasteiger partial charge >= 0.3 is 0 Å². The summed E-state index contributed by atoms with van der Waals surface area (Å²) < 4.78 is 10.9. The quantitative estimate of drug-likeness (QED) is 0.320. The number of unbranched alkanes of at least 4 members (excludes halogenated alkanes) is 2. The van der Waals surface area contributed by atoms with Gasteiger partial charge in [0.25, 0.3) is 0 Å². The zero-order chi connectivity index (χ0) is 16.6. The molecule has 2 unspecified atom stereocenters. The molecule has 22 heavy (non-hydrogen) atoms. The van der Waals surface area contributed by atoms with Gasteiger partial charge in [0.1, 0.15) is 6.10 Å². The molecule has 0 aromatic heterocycles. The van der Waals surface area contributed by atoms with Crippen LogP contribution in [0.4, 0.5) is 0 Å². The first-order valence-corrected chi connectivity index (χ1v) is 9.59. The number of rotatable bonds is 16. The molecule has 2 atom stereocenters. The predicted molar refractivity (Wildman–Crippen MR) is 95.2 cm³/mol. The number of halogens is 2. The van der Waals surface area contributed by atoms with E-state index in [0.717, 1.165) is 38.5 Å². The van der Waals surface area contributed by atoms with Crippen molar-refractivity contribution in [2.75, 3.05) is 26.4 Å². The fourth-order valence-electron chi connectivity index (χ4n) is 2.05. The first kappa shape index (κ1) is 22.5. The molecule has 0 aromatic carbocycles. The summed E-state index contributed by atoms with van der Waals surface area (Å²) in [4.78, 5) is 0. The standard InChI is InChI=1S/C17H34Cl2O3/c1-3-5-7-15(18)9-11-21-13-17(20)14-22-12-10-16(19)8-6-4-2/h15-17,20H,3-14H2,1-2H3. The third-order valence-corrected chi connectivity index (χ3v) is 4.39. The van der Waals surface area contributed by atoms with Gasteiger partial charge in [-0.1, -0.05) is 39.5 Å². The Morgan fingerprint density at radius 1 is 0.773 bits per heavy atom. The van der Waals surface area contributed by atoms with Crippen LogP contribution in [-0.4, -0.2) is 48.4 Å². The van der Waals surface area contributed by atoms with Crippen molar-refractivity contribution in [3.05, 3.63) is 0 Å². The van der Waals surface area contributed by atoms with Crippen LogP contribution >= 0.6 is 23.2 Å². The molecule has 0 fully saturated rings. The lowest BCUT2D eigenvalue weighted by atomic mass is 10.1. The van der Waals surface area contributed by atoms with E-state index in [1.165, 1.54) is 12.8 Å². The van der Waals surface area contributed by atoms with Gasteiger partial charge in [0.2, 0.25) is 0 Å². The molecule has 0 saturated heterocycles. The summed E-state index contributed by atoms with van der Waals surface area (Å²) >= 11 is 12.3. The molecule has 5 heteroatoms. The molecule has 0 aromatic rings. The van der Waals surface area contributed by atoms with E-state index in [4.69, 9.17) is 32.7 Å². The number of hydrogen-bond acceptors (Lipinski definition) is 3. The SMILES string of the molecule is CCCCC(Cl)CCOCC(O)COCCC(Cl)CCCC. The normalized spacial score (nSPS) is 15.7. The molecule has 0 rings (SSSR count). The summed E-state index contributed by atoms with van der Waals surface area (Å²) in [6.45, 7) is 6.11. The minimum atomic E-state index is -0.575. The smallest absolute Gasteiger partial charge is 0.101 e. The van der Waals surface area contributed by atoms with Gasteiger partial charge in [0.05, 0.1) is 13.2 Å². The second kappa shape index (κ2) is 16.3. The summed E-state index contributed by atoms with van der Waals surface area (Å²) in [5.74, 6) is 0. The van der Waals surface area contributed by atoms with E-state index in [9.17, 15) is 5.11 Å². The van der Waals surface area contributed by atoms with E-state index in [0.29, 0.717) is 26.4 Å². The lowest BCUT2D eigenvalue weighted by Crippen LogP contribution is -2.23. The fourth-order valence-corrected chi connectivity index (χ4v) is 2.54. The van der Waals surface area contributed by atoms with Gasteiger partial charge < -0.3 is 14.6 Å². The van der Waals surface area contributed by atoms with Gasteiger partial charge in [-0.3, -0.25) is 0 Å². The van der Waals surface area contributed by atoms with Gasteiger partial charge in [-0.05, 0) is 25.7 Å². The lowest BCUT2D eigenvalue weighted by Gasteiger charge is -2.14. The summed E-state index contributed by atoms with van der Waals surface area (Å²) in [6.07, 6.45) is 7.81. The minimum Gasteiger partial charge on any atom is -0.388 e. The van der Waals surface area contributed by atoms with Crippen LogP contribution < -0.4 is 0 Å². The Morgan fingerprint density at radius 3 is 1.55 bits per heavy atom. The maximum absolute atomic E-state index is 9.75. The third kappa shape index (κ3) is 15.4. The van der Waals surface area contributed by atoms with Gasteiger partial charge in [0, 0.05) is 24.0 Å². The minimum absolute atomic E-state index is 0.178. The number of aliphatic hydroxyl groups is 1. The van der Waals surface area contributed by atoms with Crippen LogP contribution in [0.25, 0.3) is 0 Å². The van der Waals surface area contributed by atoms with Crippen LogP contribution in [0.15, 0.2) is 0 Å². The molecular weight excluding hydrogens is 323 g/mol. The van der Waals surface area contributed by atoms with E-state index < -0.39 is 6.10 Å². The Balaban J connectivity index is 3.37. The fraction of sp³-hybridized carbons (Fsp3) is 1.00. The van der Waals surface area contributed by atoms with Gasteiger partial charge in [0.15, 0.2) is 0 Å². The van der Waals surface area contributed by atoms with Crippen molar-refractivity contribution in [2.45, 2.75) is 82.1 Å². The summed E-state index contributed by atoms with van der Waals surface area (Å²) in [7, 11) is 0. The molecule has 0 heterocycles. The van der Waals surface area contributed by atoms with E-state index >= 15 is 0 Å². The van der Waals surface area contributed by atoms with Crippen LogP contribution in [-0.2, 0) is 9.47 Å². The number of aliphatic hydroxyl groups excluding tert-OH is 1. The molecule has 0 aliphatic heterocycles. The van der Waals surface area contributed by atoms with E-state index in [-0.39, 0.29) is 10.8 Å². The third-order valence-electron chi connectivity index (χ3n) is 3.51. The van der Waals surface area contributed by atoms with Crippen molar-refractivity contribution in [1.82, 2.24) is 0 Å². The Labute approximate surface area is 146 Å². The molecule has 3 nitrogen and oxygen atoms in total. The Hall–Kier alpha value is 0.460. The zero-order valence-electron chi connectivity index (χ0n) is 14.2. The van der Waals surface area contributed by atoms with Crippen molar-refractivity contribution in [3.8, 4) is 0 Å². The summed E-state index contributed by atoms with van der Waals surface area (Å²) in [6, 6.07) is 0. The molecule has 0 saturated carbocycles. The highest BCUT2D eigenvalue weighted by atomic mass is 35.5. The second-order valence-corrected chi connectivity index (χ2v) is 7.09. The Morgan fingerprint density at radius 2 is 1.18 bits per heavy atom. The number of alkyl halides is 2. The zero-order valence-corrected chi connectivity index (χ0v) is 15.7. The van der Waals surface area contributed by atoms with E-state index in [1.54, 1.807) is 0 Å². The Bertz CT molecular complexity index is 208. The molecule has 134 valence electrons. The highest BCUT2D eigenvalue weighted by molar-refractivity contribution is 6.20. The molecule has 0 bridgehead atoms. The second-order valence-electron chi connectivity index (χ2n) is 5.86. The highest BCUT2D eigenvalue weighted by Gasteiger charge is 2.08. The highest BCUT2D eigenvalue weighted by Crippen LogP contribution is 2.12. The first-order valence-electron chi connectivity index (χ1n) is 8.71. The predicted octanol–water partition coefficient (Wildman–Crippen LogP) is 4.76. The number of ether oxygens (including phenoxy) is 2. The molecule has 1 N–H and O–H groups in total. The monoisotopic (exact) mass is 356 g/mol. The molecule has 0 radical (unpaired) electrons. The largest absolute Gasteiger partial charge is 0.388 e. The summed E-state index contributed by atoms with van der Waals surface area (Å²) in [5.41, 5.74) is 0. The maximum Gasteiger partial charge on any atom is 0.101 e. The molecule has 0 aliphatic carbocycles. The average molecular weight is 357 g/mol. The van der Waals surface area contributed by atoms with Crippen LogP contribution in [0, 0.1) is 0 Å². The van der Waals surface area contributed by atoms with Gasteiger partial charge in [-0.15, -0.1) is 23.2 Å². The molecule has 0 aliphatic rings. The van der Waals surface area contributed by atoms with Crippen molar-refractivity contribution in [1.29, 1.82) is 0 Å². The molecule has 0 spiro atoms.